The van der Waals surface area contributed by atoms with E-state index in [4.69, 9.17) is 45.5 Å². The monoisotopic (exact) mass is 873 g/mol. The number of ether oxygens (including phenoxy) is 5. The molecule has 0 fully saturated rings. The van der Waals surface area contributed by atoms with Gasteiger partial charge >= 0.3 is 11.9 Å². The highest BCUT2D eigenvalue weighted by molar-refractivity contribution is 7.92. The molecular weight excluding hydrogens is 814 g/mol. The number of carboxylic acid groups (broad SMARTS) is 2. The van der Waals surface area contributed by atoms with Gasteiger partial charge in [0.1, 0.15) is 19.0 Å². The second-order valence-corrected chi connectivity index (χ2v) is 15.5. The van der Waals surface area contributed by atoms with E-state index < -0.39 is 34.5 Å². The molecule has 5 N–H and O–H groups in total. The molecular formula is C39H60ClN5O13S. The molecule has 2 amide bonds. The van der Waals surface area contributed by atoms with Gasteiger partial charge in [-0.05, 0) is 31.0 Å². The molecule has 0 bridgehead atoms. The number of hydrogen-bond donors (Lipinski definition) is 5. The van der Waals surface area contributed by atoms with Crippen LogP contribution in [0.15, 0.2) is 35.5 Å². The molecule has 1 heterocycles. The Balaban J connectivity index is 1.52. The third kappa shape index (κ3) is 25.8. The minimum Gasteiger partial charge on any atom is -0.492 e. The van der Waals surface area contributed by atoms with Crippen molar-refractivity contribution in [2.24, 2.45) is 0 Å². The number of aromatic nitrogens is 2. The molecule has 0 saturated carbocycles. The van der Waals surface area contributed by atoms with Crippen LogP contribution in [0.2, 0.25) is 5.02 Å². The molecule has 1 aromatic carbocycles. The van der Waals surface area contributed by atoms with E-state index in [1.807, 2.05) is 0 Å². The lowest BCUT2D eigenvalue weighted by atomic mass is 10.0. The third-order valence-electron chi connectivity index (χ3n) is 8.45. The highest BCUT2D eigenvalue weighted by atomic mass is 35.5. The molecule has 0 unspecified atom stereocenters. The lowest BCUT2D eigenvalue weighted by Crippen LogP contribution is -2.31. The van der Waals surface area contributed by atoms with Crippen LogP contribution in [0, 0.1) is 0 Å². The average Bonchev–Trinajstić information content (AvgIpc) is 3.20. The van der Waals surface area contributed by atoms with Gasteiger partial charge in [0.2, 0.25) is 11.9 Å². The second kappa shape index (κ2) is 31.7. The molecule has 0 spiro atoms. The van der Waals surface area contributed by atoms with E-state index in [9.17, 15) is 27.6 Å². The number of amides is 2. The number of nitrogens with one attached hydrogen (secondary N) is 3. The van der Waals surface area contributed by atoms with Gasteiger partial charge in [-0.25, -0.2) is 27.9 Å². The van der Waals surface area contributed by atoms with Crippen molar-refractivity contribution in [3.63, 3.8) is 0 Å². The maximum absolute atomic E-state index is 13.0. The normalized spacial score (nSPS) is 11.3. The van der Waals surface area contributed by atoms with E-state index >= 15 is 0 Å². The largest absolute Gasteiger partial charge is 0.492 e. The molecule has 0 radical (unpaired) electrons. The first kappa shape index (κ1) is 51.0. The third-order valence-corrected chi connectivity index (χ3v) is 10.1. The minimum atomic E-state index is -4.09. The summed E-state index contributed by atoms with van der Waals surface area (Å²) in [5, 5.41) is 22.5. The van der Waals surface area contributed by atoms with Crippen molar-refractivity contribution in [1.29, 1.82) is 0 Å². The predicted molar refractivity (Wildman–Crippen MR) is 218 cm³/mol. The average molecular weight is 874 g/mol. The number of carbonyl (C=O) groups is 4. The Kier molecular flexibility index (Phi) is 27.4. The molecule has 59 heavy (non-hydrogen) atoms. The summed E-state index contributed by atoms with van der Waals surface area (Å²) in [5.74, 6) is -2.44. The number of hydrogen-bond acceptors (Lipinski definition) is 13. The van der Waals surface area contributed by atoms with Crippen molar-refractivity contribution >= 4 is 51.3 Å². The molecule has 332 valence electrons. The smallest absolute Gasteiger partial charge is 0.329 e. The first-order chi connectivity index (χ1) is 28.5. The SMILES string of the molecule is O=C(O)CCCCCCCCCCCCCCCOc1ccc(S(=O)(=O)Nc2ncc(C(=O)NCCOCCOCC(=O)NCCOCCOCC(=O)O)cn2)cc1Cl. The van der Waals surface area contributed by atoms with Gasteiger partial charge < -0.3 is 44.5 Å². The molecule has 0 aliphatic heterocycles. The van der Waals surface area contributed by atoms with Crippen molar-refractivity contribution in [3.05, 3.63) is 41.2 Å². The van der Waals surface area contributed by atoms with E-state index in [1.165, 1.54) is 75.5 Å². The quantitative estimate of drug-likeness (QED) is 0.0569. The van der Waals surface area contributed by atoms with Crippen LogP contribution in [-0.2, 0) is 43.4 Å². The molecule has 0 aliphatic rings. The highest BCUT2D eigenvalue weighted by Gasteiger charge is 2.18. The zero-order chi connectivity index (χ0) is 43.0. The van der Waals surface area contributed by atoms with E-state index in [1.54, 1.807) is 0 Å². The maximum atomic E-state index is 13.0. The zero-order valence-electron chi connectivity index (χ0n) is 33.6. The molecule has 2 rings (SSSR count). The van der Waals surface area contributed by atoms with Gasteiger partial charge in [0.15, 0.2) is 0 Å². The number of aliphatic carboxylic acids is 2. The fraction of sp³-hybridized carbons (Fsp3) is 0.641. The van der Waals surface area contributed by atoms with Crippen LogP contribution in [0.4, 0.5) is 5.95 Å². The number of benzene rings is 1. The van der Waals surface area contributed by atoms with Gasteiger partial charge in [0.25, 0.3) is 15.9 Å². The lowest BCUT2D eigenvalue weighted by Gasteiger charge is -2.11. The number of carbonyl (C=O) groups excluding carboxylic acids is 2. The molecule has 20 heteroatoms. The first-order valence-electron chi connectivity index (χ1n) is 20.0. The van der Waals surface area contributed by atoms with Gasteiger partial charge in [-0.15, -0.1) is 0 Å². The molecule has 2 aromatic rings. The standard InChI is InChI=1S/C39H60ClN5O13S/c40-33-26-32(15-16-34(33)58-19-13-11-9-7-5-3-1-2-4-6-8-10-12-14-36(47)48)59(52,53)45-39-43-27-31(28-44-39)38(51)42-18-21-55-22-24-56-29-35(46)41-17-20-54-23-25-57-30-37(49)50/h15-16,26-28H,1-14,17-25,29-30H2,(H,41,46)(H,42,51)(H,47,48)(H,49,50)(H,43,44,45). The van der Waals surface area contributed by atoms with Crippen LogP contribution < -0.4 is 20.1 Å². The number of sulfonamides is 1. The summed E-state index contributed by atoms with van der Waals surface area (Å²) >= 11 is 6.34. The van der Waals surface area contributed by atoms with Crippen molar-refractivity contribution in [2.45, 2.75) is 94.8 Å². The molecule has 0 aliphatic carbocycles. The predicted octanol–water partition coefficient (Wildman–Crippen LogP) is 4.85. The van der Waals surface area contributed by atoms with Crippen molar-refractivity contribution in [3.8, 4) is 5.75 Å². The van der Waals surface area contributed by atoms with E-state index in [2.05, 4.69) is 25.3 Å². The van der Waals surface area contributed by atoms with Gasteiger partial charge in [-0.2, -0.15) is 0 Å². The molecule has 1 aromatic heterocycles. The number of halogens is 1. The summed E-state index contributed by atoms with van der Waals surface area (Å²) < 4.78 is 54.6. The Labute approximate surface area is 351 Å². The van der Waals surface area contributed by atoms with Crippen molar-refractivity contribution < 1.29 is 61.5 Å². The van der Waals surface area contributed by atoms with Crippen LogP contribution in [0.3, 0.4) is 0 Å². The van der Waals surface area contributed by atoms with Crippen LogP contribution in [0.25, 0.3) is 0 Å². The summed E-state index contributed by atoms with van der Waals surface area (Å²) in [6, 6.07) is 4.17. The van der Waals surface area contributed by atoms with E-state index in [-0.39, 0.29) is 93.1 Å². The number of rotatable bonds is 37. The Bertz CT molecular complexity index is 1620. The topological polar surface area (TPSA) is 251 Å². The summed E-state index contributed by atoms with van der Waals surface area (Å²) in [5.41, 5.74) is 0.106. The van der Waals surface area contributed by atoms with Gasteiger partial charge in [-0.3, -0.25) is 14.4 Å². The number of anilines is 1. The van der Waals surface area contributed by atoms with Crippen LogP contribution in [0.5, 0.6) is 5.75 Å². The van der Waals surface area contributed by atoms with Crippen LogP contribution in [-0.4, -0.2) is 125 Å². The van der Waals surface area contributed by atoms with E-state index in [0.717, 1.165) is 38.5 Å². The number of unbranched alkanes of at least 4 members (excludes halogenated alkanes) is 12. The fourth-order valence-corrected chi connectivity index (χ4v) is 6.65. The molecule has 0 saturated heterocycles. The zero-order valence-corrected chi connectivity index (χ0v) is 35.2. The van der Waals surface area contributed by atoms with Crippen molar-refractivity contribution in [1.82, 2.24) is 20.6 Å². The van der Waals surface area contributed by atoms with Crippen LogP contribution in [0.1, 0.15) is 100 Å². The Morgan fingerprint density at radius 3 is 1.71 bits per heavy atom. The summed E-state index contributed by atoms with van der Waals surface area (Å²) in [4.78, 5) is 52.8. The van der Waals surface area contributed by atoms with Gasteiger partial charge in [0, 0.05) is 31.9 Å². The summed E-state index contributed by atoms with van der Waals surface area (Å²) in [6.07, 6.45) is 17.0. The fourth-order valence-electron chi connectivity index (χ4n) is 5.36. The minimum absolute atomic E-state index is 0.106. The second-order valence-electron chi connectivity index (χ2n) is 13.4. The van der Waals surface area contributed by atoms with Crippen LogP contribution >= 0.6 is 11.6 Å². The Hall–Kier alpha value is -4.14. The number of nitrogens with zero attached hydrogens (tertiary/aromatic N) is 2. The van der Waals surface area contributed by atoms with Crippen molar-refractivity contribution in [2.75, 3.05) is 77.3 Å². The highest BCUT2D eigenvalue weighted by Crippen LogP contribution is 2.28. The Morgan fingerprint density at radius 1 is 0.627 bits per heavy atom. The van der Waals surface area contributed by atoms with Gasteiger partial charge in [0.05, 0.1) is 61.7 Å². The van der Waals surface area contributed by atoms with E-state index in [0.29, 0.717) is 12.4 Å². The van der Waals surface area contributed by atoms with Gasteiger partial charge in [-0.1, -0.05) is 82.2 Å². The number of carboxylic acids is 2. The summed E-state index contributed by atoms with van der Waals surface area (Å²) in [7, 11) is -4.09. The molecule has 18 nitrogen and oxygen atoms in total. The maximum Gasteiger partial charge on any atom is 0.329 e. The first-order valence-corrected chi connectivity index (χ1v) is 21.9. The summed E-state index contributed by atoms with van der Waals surface area (Å²) in [6.45, 7) is 1.42. The molecule has 0 atom stereocenters. The lowest BCUT2D eigenvalue weighted by molar-refractivity contribution is -0.143. The Morgan fingerprint density at radius 2 is 1.15 bits per heavy atom.